The van der Waals surface area contributed by atoms with Crippen molar-refractivity contribution in [3.63, 3.8) is 0 Å². The number of hydrazone groups is 1. The summed E-state index contributed by atoms with van der Waals surface area (Å²) >= 11 is 1.11. The number of hydrogen-bond acceptors (Lipinski definition) is 6. The van der Waals surface area contributed by atoms with Crippen LogP contribution in [0.4, 0.5) is 10.5 Å². The highest BCUT2D eigenvalue weighted by Gasteiger charge is 2.38. The first-order valence-electron chi connectivity index (χ1n) is 11.4. The molecule has 0 atom stereocenters. The second-order valence-electron chi connectivity index (χ2n) is 9.15. The number of imide groups is 1. The number of anilines is 1. The van der Waals surface area contributed by atoms with Crippen LogP contribution in [0.5, 0.6) is 5.75 Å². The quantitative estimate of drug-likeness (QED) is 0.339. The molecule has 0 saturated heterocycles. The summed E-state index contributed by atoms with van der Waals surface area (Å²) in [4.78, 5) is 30.8. The topological polar surface area (TPSA) is 74.6 Å². The zero-order chi connectivity index (χ0) is 24.5. The van der Waals surface area contributed by atoms with Crippen LogP contribution < -0.4 is 9.64 Å². The Hall–Kier alpha value is -3.13. The molecular formula is C26H30N4O3S. The van der Waals surface area contributed by atoms with E-state index in [2.05, 4.69) is 42.0 Å². The van der Waals surface area contributed by atoms with E-state index in [-0.39, 0.29) is 11.3 Å². The predicted octanol–water partition coefficient (Wildman–Crippen LogP) is 5.11. The van der Waals surface area contributed by atoms with Crippen LogP contribution in [0.3, 0.4) is 0 Å². The summed E-state index contributed by atoms with van der Waals surface area (Å²) in [6.07, 6.45) is 2.39. The average Bonchev–Trinajstić information content (AvgIpc) is 2.81. The van der Waals surface area contributed by atoms with E-state index in [4.69, 9.17) is 9.73 Å². The average molecular weight is 479 g/mol. The van der Waals surface area contributed by atoms with Crippen LogP contribution in [0.2, 0.25) is 0 Å². The third kappa shape index (κ3) is 4.73. The van der Waals surface area contributed by atoms with Gasteiger partial charge in [-0.2, -0.15) is 10.1 Å². The van der Waals surface area contributed by atoms with E-state index in [1.807, 2.05) is 38.1 Å². The van der Waals surface area contributed by atoms with Gasteiger partial charge in [-0.15, -0.1) is 0 Å². The third-order valence-electron chi connectivity index (χ3n) is 5.84. The van der Waals surface area contributed by atoms with Gasteiger partial charge in [-0.05, 0) is 87.7 Å². The van der Waals surface area contributed by atoms with Crippen LogP contribution >= 0.6 is 11.8 Å². The number of aryl methyl sites for hydroxylation is 1. The number of thioether (sulfide) groups is 1. The molecule has 0 aromatic heterocycles. The van der Waals surface area contributed by atoms with Crippen LogP contribution in [0.1, 0.15) is 50.8 Å². The van der Waals surface area contributed by atoms with Crippen LogP contribution in [0.15, 0.2) is 52.6 Å². The molecule has 0 fully saturated rings. The van der Waals surface area contributed by atoms with Crippen LogP contribution in [-0.4, -0.2) is 52.6 Å². The second kappa shape index (κ2) is 9.62. The number of amidine groups is 1. The Morgan fingerprint density at radius 3 is 2.74 bits per heavy atom. The summed E-state index contributed by atoms with van der Waals surface area (Å²) in [5.74, 6) is 1.72. The molecule has 2 aliphatic heterocycles. The summed E-state index contributed by atoms with van der Waals surface area (Å²) in [6, 6.07) is 14.4. The molecule has 8 heteroatoms. The lowest BCUT2D eigenvalue weighted by atomic mass is 9.93. The number of rotatable bonds is 5. The van der Waals surface area contributed by atoms with Gasteiger partial charge in [0.05, 0.1) is 17.6 Å². The molecule has 178 valence electrons. The smallest absolute Gasteiger partial charge is 0.309 e. The third-order valence-corrected chi connectivity index (χ3v) is 6.91. The second-order valence-corrected chi connectivity index (χ2v) is 10.7. The fourth-order valence-corrected chi connectivity index (χ4v) is 5.19. The number of nitrogens with zero attached hydrogens (tertiary/aromatic N) is 4. The zero-order valence-electron chi connectivity index (χ0n) is 20.2. The molecule has 7 nitrogen and oxygen atoms in total. The first-order chi connectivity index (χ1) is 16.2. The minimum absolute atomic E-state index is 0.132. The van der Waals surface area contributed by atoms with E-state index in [1.165, 1.54) is 5.56 Å². The zero-order valence-corrected chi connectivity index (χ0v) is 21.1. The lowest BCUT2D eigenvalue weighted by Crippen LogP contribution is -2.41. The minimum Gasteiger partial charge on any atom is -0.497 e. The van der Waals surface area contributed by atoms with E-state index in [0.717, 1.165) is 64.6 Å². The first-order valence-corrected chi connectivity index (χ1v) is 12.2. The van der Waals surface area contributed by atoms with E-state index >= 15 is 0 Å². The lowest BCUT2D eigenvalue weighted by molar-refractivity contribution is -0.115. The van der Waals surface area contributed by atoms with Crippen molar-refractivity contribution >= 4 is 40.6 Å². The van der Waals surface area contributed by atoms with Gasteiger partial charge in [0.15, 0.2) is 0 Å². The number of ether oxygens (including phenoxy) is 1. The first kappa shape index (κ1) is 24.0. The van der Waals surface area contributed by atoms with Crippen molar-refractivity contribution in [3.8, 4) is 5.75 Å². The fraction of sp³-hybridized carbons (Fsp3) is 0.385. The maximum absolute atomic E-state index is 12.2. The van der Waals surface area contributed by atoms with E-state index in [0.29, 0.717) is 12.1 Å². The van der Waals surface area contributed by atoms with Gasteiger partial charge >= 0.3 is 5.24 Å². The Morgan fingerprint density at radius 2 is 2.03 bits per heavy atom. The number of hydrogen-bond donors (Lipinski definition) is 0. The Bertz CT molecular complexity index is 1170. The molecule has 34 heavy (non-hydrogen) atoms. The van der Waals surface area contributed by atoms with Gasteiger partial charge in [0.25, 0.3) is 0 Å². The molecule has 2 amide bonds. The van der Waals surface area contributed by atoms with Gasteiger partial charge in [-0.25, -0.2) is 0 Å². The molecule has 4 rings (SSSR count). The van der Waals surface area contributed by atoms with Crippen LogP contribution in [0.25, 0.3) is 0 Å². The molecule has 0 spiro atoms. The van der Waals surface area contributed by atoms with Crippen molar-refractivity contribution < 1.29 is 14.3 Å². The maximum Gasteiger partial charge on any atom is 0.309 e. The van der Waals surface area contributed by atoms with Crippen molar-refractivity contribution in [1.29, 1.82) is 0 Å². The van der Waals surface area contributed by atoms with Crippen molar-refractivity contribution in [3.05, 3.63) is 59.2 Å². The lowest BCUT2D eigenvalue weighted by Gasteiger charge is -2.35. The van der Waals surface area contributed by atoms with Crippen molar-refractivity contribution in [1.82, 2.24) is 5.01 Å². The molecule has 2 aromatic rings. The molecular weight excluding hydrogens is 448 g/mol. The van der Waals surface area contributed by atoms with Gasteiger partial charge in [0, 0.05) is 23.8 Å². The summed E-state index contributed by atoms with van der Waals surface area (Å²) in [7, 11) is 1.67. The highest BCUT2D eigenvalue weighted by atomic mass is 32.2. The Morgan fingerprint density at radius 1 is 1.24 bits per heavy atom. The number of methoxy groups -OCH3 is 1. The van der Waals surface area contributed by atoms with Gasteiger partial charge in [-0.1, -0.05) is 18.2 Å². The molecule has 0 unspecified atom stereocenters. The molecule has 0 saturated carbocycles. The van der Waals surface area contributed by atoms with E-state index in [9.17, 15) is 9.59 Å². The van der Waals surface area contributed by atoms with Crippen LogP contribution in [0, 0.1) is 0 Å². The summed E-state index contributed by atoms with van der Waals surface area (Å²) in [5.41, 5.74) is 4.96. The molecule has 2 heterocycles. The number of carbonyl (C=O) groups excluding carboxylic acids is 2. The Kier molecular flexibility index (Phi) is 6.79. The SMILES string of the molecule is COc1cccc(C(=NC(C)C)N2CCCc3cc(C4=NN(C=O)C(=O)SC4(C)C)ccc32)c1. The van der Waals surface area contributed by atoms with Crippen molar-refractivity contribution in [2.24, 2.45) is 10.1 Å². The van der Waals surface area contributed by atoms with Crippen LogP contribution in [-0.2, 0) is 11.2 Å². The molecule has 2 aliphatic rings. The van der Waals surface area contributed by atoms with Gasteiger partial charge in [0.2, 0.25) is 6.41 Å². The highest BCUT2D eigenvalue weighted by molar-refractivity contribution is 8.15. The van der Waals surface area contributed by atoms with Gasteiger partial charge in [-0.3, -0.25) is 14.6 Å². The van der Waals surface area contributed by atoms with Gasteiger partial charge in [0.1, 0.15) is 11.6 Å². The van der Waals surface area contributed by atoms with Gasteiger partial charge < -0.3 is 9.64 Å². The fourth-order valence-electron chi connectivity index (χ4n) is 4.33. The van der Waals surface area contributed by atoms with E-state index in [1.54, 1.807) is 7.11 Å². The number of fused-ring (bicyclic) bond motifs is 1. The molecule has 0 aliphatic carbocycles. The standard InChI is InChI=1S/C26H30N4O3S/c1-17(2)27-24(20-8-6-10-21(15-20)33-5)29-13-7-9-18-14-19(11-12-22(18)29)23-26(3,4)34-25(32)30(16-31)28-23/h6,8,10-12,14-17H,7,9,13H2,1-5H3. The molecule has 0 radical (unpaired) electrons. The van der Waals surface area contributed by atoms with Crippen molar-refractivity contribution in [2.45, 2.75) is 51.3 Å². The summed E-state index contributed by atoms with van der Waals surface area (Å²) in [6.45, 7) is 8.94. The molecule has 0 bridgehead atoms. The molecule has 0 N–H and O–H groups in total. The maximum atomic E-state index is 12.2. The minimum atomic E-state index is -0.538. The Labute approximate surface area is 204 Å². The monoisotopic (exact) mass is 478 g/mol. The van der Waals surface area contributed by atoms with E-state index < -0.39 is 4.75 Å². The predicted molar refractivity (Wildman–Crippen MR) is 138 cm³/mol. The largest absolute Gasteiger partial charge is 0.497 e. The molecule has 2 aromatic carbocycles. The number of aliphatic imine (C=N–C) groups is 1. The Balaban J connectivity index is 1.77. The number of amides is 2. The number of carbonyl (C=O) groups is 2. The summed E-state index contributed by atoms with van der Waals surface area (Å²) < 4.78 is 4.92. The summed E-state index contributed by atoms with van der Waals surface area (Å²) in [5, 5.41) is 4.90. The number of benzene rings is 2. The highest BCUT2D eigenvalue weighted by Crippen LogP contribution is 2.37. The normalized spacial score (nSPS) is 18.0. The van der Waals surface area contributed by atoms with Crippen molar-refractivity contribution in [2.75, 3.05) is 18.6 Å².